The lowest BCUT2D eigenvalue weighted by Gasteiger charge is -2.25. The number of carbonyl (C=O) groups is 1. The number of carbonyl (C=O) groups excluding carboxylic acids is 1. The number of hydrogen-bond donors (Lipinski definition) is 2. The number of anilines is 1. The Morgan fingerprint density at radius 2 is 2.00 bits per heavy atom. The van der Waals surface area contributed by atoms with Crippen molar-refractivity contribution in [2.45, 2.75) is 0 Å². The Balaban J connectivity index is 1.86. The number of nitrogens with one attached hydrogen (secondary N) is 2. The Kier molecular flexibility index (Phi) is 5.04. The molecule has 1 aliphatic heterocycles. The quantitative estimate of drug-likeness (QED) is 0.878. The van der Waals surface area contributed by atoms with E-state index in [1.165, 1.54) is 0 Å². The number of hydrogen-bond acceptors (Lipinski definition) is 4. The minimum atomic E-state index is -0.259. The van der Waals surface area contributed by atoms with E-state index < -0.39 is 0 Å². The van der Waals surface area contributed by atoms with Gasteiger partial charge in [-0.3, -0.25) is 9.79 Å². The van der Waals surface area contributed by atoms with Gasteiger partial charge in [0.15, 0.2) is 0 Å². The first-order chi connectivity index (χ1) is 11.5. The number of amides is 1. The fourth-order valence-corrected chi connectivity index (χ4v) is 2.66. The molecule has 1 aliphatic rings. The predicted molar refractivity (Wildman–Crippen MR) is 98.0 cm³/mol. The van der Waals surface area contributed by atoms with Crippen molar-refractivity contribution in [1.82, 2.24) is 10.4 Å². The predicted octanol–water partition coefficient (Wildman–Crippen LogP) is 3.44. The van der Waals surface area contributed by atoms with Crippen LogP contribution in [0.25, 0.3) is 0 Å². The van der Waals surface area contributed by atoms with Crippen LogP contribution in [-0.4, -0.2) is 36.9 Å². The number of rotatable bonds is 3. The number of likely N-dealkylation sites (N-methyl/N-ethyl adjacent to an activating group) is 1. The summed E-state index contributed by atoms with van der Waals surface area (Å²) in [5, 5.41) is 5.62. The van der Waals surface area contributed by atoms with Gasteiger partial charge < -0.3 is 10.7 Å². The molecule has 0 aliphatic carbocycles. The van der Waals surface area contributed by atoms with Gasteiger partial charge in [-0.25, -0.2) is 5.01 Å². The van der Waals surface area contributed by atoms with Crippen molar-refractivity contribution in [3.05, 3.63) is 63.6 Å². The van der Waals surface area contributed by atoms with Crippen LogP contribution < -0.4 is 10.7 Å². The van der Waals surface area contributed by atoms with Gasteiger partial charge in [-0.05, 0) is 30.3 Å². The van der Waals surface area contributed by atoms with Crippen LogP contribution in [0.2, 0.25) is 10.0 Å². The molecule has 1 heterocycles. The molecule has 0 bridgehead atoms. The third-order valence-corrected chi connectivity index (χ3v) is 4.35. The zero-order valence-corrected chi connectivity index (χ0v) is 14.5. The first-order valence-electron chi connectivity index (χ1n) is 7.42. The monoisotopic (exact) mass is 362 g/mol. The van der Waals surface area contributed by atoms with Crippen LogP contribution in [0.15, 0.2) is 47.5 Å². The van der Waals surface area contributed by atoms with E-state index in [1.807, 2.05) is 36.3 Å². The van der Waals surface area contributed by atoms with Gasteiger partial charge in [-0.15, -0.1) is 0 Å². The number of benzene rings is 2. The summed E-state index contributed by atoms with van der Waals surface area (Å²) in [7, 11) is 1.95. The van der Waals surface area contributed by atoms with E-state index in [2.05, 4.69) is 15.7 Å². The van der Waals surface area contributed by atoms with Gasteiger partial charge in [0.05, 0.1) is 22.3 Å². The minimum Gasteiger partial charge on any atom is -0.321 e. The molecule has 2 aromatic rings. The maximum absolute atomic E-state index is 12.5. The second kappa shape index (κ2) is 7.21. The van der Waals surface area contributed by atoms with E-state index in [0.29, 0.717) is 27.8 Å². The van der Waals surface area contributed by atoms with E-state index in [9.17, 15) is 4.79 Å². The highest BCUT2D eigenvalue weighted by Gasteiger charge is 2.16. The third-order valence-electron chi connectivity index (χ3n) is 3.61. The summed E-state index contributed by atoms with van der Waals surface area (Å²) in [6, 6.07) is 12.3. The number of nitrogens with zero attached hydrogens (tertiary/aromatic N) is 2. The first kappa shape index (κ1) is 16.8. The van der Waals surface area contributed by atoms with Gasteiger partial charge in [-0.2, -0.15) is 0 Å². The molecular formula is C17H16Cl2N4O. The highest BCUT2D eigenvalue weighted by atomic mass is 35.5. The largest absolute Gasteiger partial charge is 0.321 e. The molecule has 0 saturated heterocycles. The fraction of sp³-hybridized carbons (Fsp3) is 0.176. The summed E-state index contributed by atoms with van der Waals surface area (Å²) < 4.78 is 0. The van der Waals surface area contributed by atoms with Gasteiger partial charge in [0.25, 0.3) is 5.91 Å². The van der Waals surface area contributed by atoms with Crippen LogP contribution in [0.4, 0.5) is 5.69 Å². The standard InChI is InChI=1S/C17H16Cl2N4O/c1-23-9-8-20-16(22-23)12-4-2-3-5-15(12)21-17(24)11-6-7-13(18)14(19)10-11/h2-7,10H,8-9H2,1H3,(H,20,22)(H,21,24). The summed E-state index contributed by atoms with van der Waals surface area (Å²) in [4.78, 5) is 17.0. The van der Waals surface area contributed by atoms with Gasteiger partial charge in [0, 0.05) is 24.7 Å². The third kappa shape index (κ3) is 3.70. The van der Waals surface area contributed by atoms with Crippen molar-refractivity contribution in [3.63, 3.8) is 0 Å². The van der Waals surface area contributed by atoms with Crippen molar-refractivity contribution >= 4 is 40.6 Å². The van der Waals surface area contributed by atoms with Crippen molar-refractivity contribution in [2.24, 2.45) is 4.99 Å². The van der Waals surface area contributed by atoms with E-state index >= 15 is 0 Å². The molecule has 0 unspecified atom stereocenters. The molecule has 7 heteroatoms. The zero-order valence-electron chi connectivity index (χ0n) is 13.0. The van der Waals surface area contributed by atoms with E-state index in [1.54, 1.807) is 18.2 Å². The molecule has 2 aromatic carbocycles. The molecule has 0 radical (unpaired) electrons. The molecule has 0 aromatic heterocycles. The summed E-state index contributed by atoms with van der Waals surface area (Å²) in [6.07, 6.45) is 0. The maximum Gasteiger partial charge on any atom is 0.255 e. The minimum absolute atomic E-state index is 0.259. The van der Waals surface area contributed by atoms with E-state index in [0.717, 1.165) is 17.9 Å². The lowest BCUT2D eigenvalue weighted by molar-refractivity contribution is 0.102. The highest BCUT2D eigenvalue weighted by Crippen LogP contribution is 2.24. The lowest BCUT2D eigenvalue weighted by atomic mass is 10.1. The number of amidine groups is 1. The molecule has 124 valence electrons. The average molecular weight is 363 g/mol. The van der Waals surface area contributed by atoms with Crippen molar-refractivity contribution in [3.8, 4) is 0 Å². The SMILES string of the molecule is CN1CCN=C(c2ccccc2NC(=O)c2ccc(Cl)c(Cl)c2)N1. The van der Waals surface area contributed by atoms with E-state index in [-0.39, 0.29) is 5.91 Å². The number of aliphatic imine (C=N–C) groups is 1. The van der Waals surface area contributed by atoms with Crippen LogP contribution in [0.5, 0.6) is 0 Å². The van der Waals surface area contributed by atoms with E-state index in [4.69, 9.17) is 23.2 Å². The molecule has 24 heavy (non-hydrogen) atoms. The first-order valence-corrected chi connectivity index (χ1v) is 8.18. The molecule has 0 fully saturated rings. The lowest BCUT2D eigenvalue weighted by Crippen LogP contribution is -2.45. The fourth-order valence-electron chi connectivity index (χ4n) is 2.36. The topological polar surface area (TPSA) is 56.7 Å². The van der Waals surface area contributed by atoms with Crippen LogP contribution in [0, 0.1) is 0 Å². The second-order valence-corrected chi connectivity index (χ2v) is 6.21. The summed E-state index contributed by atoms with van der Waals surface area (Å²) in [5.41, 5.74) is 5.14. The van der Waals surface area contributed by atoms with Crippen LogP contribution >= 0.6 is 23.2 Å². The molecule has 0 atom stereocenters. The molecule has 0 saturated carbocycles. The Morgan fingerprint density at radius 1 is 1.21 bits per heavy atom. The maximum atomic E-state index is 12.5. The van der Waals surface area contributed by atoms with Crippen molar-refractivity contribution < 1.29 is 4.79 Å². The Hall–Kier alpha value is -2.08. The number of halogens is 2. The molecular weight excluding hydrogens is 347 g/mol. The molecule has 1 amide bonds. The van der Waals surface area contributed by atoms with Crippen LogP contribution in [0.1, 0.15) is 15.9 Å². The van der Waals surface area contributed by atoms with Crippen molar-refractivity contribution in [1.29, 1.82) is 0 Å². The number of hydrazine groups is 1. The Labute approximate surface area is 150 Å². The normalized spacial score (nSPS) is 14.7. The molecule has 3 rings (SSSR count). The van der Waals surface area contributed by atoms with Gasteiger partial charge in [0.1, 0.15) is 5.84 Å². The molecule has 5 nitrogen and oxygen atoms in total. The van der Waals surface area contributed by atoms with Gasteiger partial charge in [0.2, 0.25) is 0 Å². The molecule has 2 N–H and O–H groups in total. The van der Waals surface area contributed by atoms with Crippen LogP contribution in [0.3, 0.4) is 0 Å². The number of para-hydroxylation sites is 1. The van der Waals surface area contributed by atoms with Crippen LogP contribution in [-0.2, 0) is 0 Å². The zero-order chi connectivity index (χ0) is 17.1. The Bertz CT molecular complexity index is 807. The van der Waals surface area contributed by atoms with Crippen molar-refractivity contribution in [2.75, 3.05) is 25.5 Å². The highest BCUT2D eigenvalue weighted by molar-refractivity contribution is 6.42. The summed E-state index contributed by atoms with van der Waals surface area (Å²) in [5.74, 6) is 0.472. The smallest absolute Gasteiger partial charge is 0.255 e. The van der Waals surface area contributed by atoms with Gasteiger partial charge in [-0.1, -0.05) is 35.3 Å². The summed E-state index contributed by atoms with van der Waals surface area (Å²) >= 11 is 11.9. The Morgan fingerprint density at radius 3 is 2.75 bits per heavy atom. The van der Waals surface area contributed by atoms with Gasteiger partial charge >= 0.3 is 0 Å². The second-order valence-electron chi connectivity index (χ2n) is 5.39. The summed E-state index contributed by atoms with van der Waals surface area (Å²) in [6.45, 7) is 1.54. The molecule has 0 spiro atoms. The average Bonchev–Trinajstić information content (AvgIpc) is 2.58.